The first kappa shape index (κ1) is 17.4. The van der Waals surface area contributed by atoms with E-state index in [0.29, 0.717) is 12.5 Å². The highest BCUT2D eigenvalue weighted by Gasteiger charge is 2.28. The van der Waals surface area contributed by atoms with Gasteiger partial charge in [0.2, 0.25) is 0 Å². The number of unbranched alkanes of at least 4 members (excludes halogenated alkanes) is 1. The topological polar surface area (TPSA) is 61.5 Å². The maximum absolute atomic E-state index is 11.4. The predicted molar refractivity (Wildman–Crippen MR) is 80.4 cm³/mol. The minimum Gasteiger partial charge on any atom is -0.468 e. The number of methoxy groups -OCH3 is 1. The highest BCUT2D eigenvalue weighted by atomic mass is 16.5. The van der Waals surface area contributed by atoms with Crippen LogP contribution in [0.1, 0.15) is 59.3 Å². The third kappa shape index (κ3) is 5.41. The molecule has 0 spiro atoms. The number of carbonyl (C=O) groups excluding carboxylic acids is 1. The number of nitrogens with two attached hydrogens (primary N) is 1. The molecule has 1 fully saturated rings. The van der Waals surface area contributed by atoms with E-state index in [0.717, 1.165) is 31.3 Å². The van der Waals surface area contributed by atoms with Crippen LogP contribution in [-0.2, 0) is 14.3 Å². The van der Waals surface area contributed by atoms with E-state index in [4.69, 9.17) is 15.2 Å². The summed E-state index contributed by atoms with van der Waals surface area (Å²) in [5, 5.41) is 0. The second kappa shape index (κ2) is 7.99. The van der Waals surface area contributed by atoms with Crippen LogP contribution < -0.4 is 5.73 Å². The fourth-order valence-electron chi connectivity index (χ4n) is 2.83. The molecule has 20 heavy (non-hydrogen) atoms. The van der Waals surface area contributed by atoms with Gasteiger partial charge in [0, 0.05) is 6.61 Å². The maximum Gasteiger partial charge on any atom is 0.325 e. The lowest BCUT2D eigenvalue weighted by Crippen LogP contribution is -2.45. The Balaban J connectivity index is 2.12. The van der Waals surface area contributed by atoms with Crippen LogP contribution in [0, 0.1) is 11.8 Å². The molecule has 0 bridgehead atoms. The van der Waals surface area contributed by atoms with Gasteiger partial charge in [-0.25, -0.2) is 0 Å². The van der Waals surface area contributed by atoms with Gasteiger partial charge in [0.05, 0.1) is 13.2 Å². The van der Waals surface area contributed by atoms with Crippen molar-refractivity contribution in [2.45, 2.75) is 70.9 Å². The van der Waals surface area contributed by atoms with Crippen LogP contribution in [0.3, 0.4) is 0 Å². The first-order valence-corrected chi connectivity index (χ1v) is 7.85. The van der Waals surface area contributed by atoms with Crippen molar-refractivity contribution >= 4 is 5.97 Å². The maximum atomic E-state index is 11.4. The highest BCUT2D eigenvalue weighted by Crippen LogP contribution is 2.31. The normalized spacial score (nSPS) is 29.8. The third-order valence-electron chi connectivity index (χ3n) is 4.65. The zero-order chi connectivity index (χ0) is 15.2. The summed E-state index contributed by atoms with van der Waals surface area (Å²) in [6.45, 7) is 7.14. The van der Waals surface area contributed by atoms with E-state index in [1.807, 2.05) is 0 Å². The Morgan fingerprint density at radius 1 is 1.25 bits per heavy atom. The minimum absolute atomic E-state index is 0.339. The molecule has 4 nitrogen and oxygen atoms in total. The second-order valence-corrected chi connectivity index (χ2v) is 6.63. The van der Waals surface area contributed by atoms with Gasteiger partial charge in [0.15, 0.2) is 0 Å². The molecular weight excluding hydrogens is 254 g/mol. The smallest absolute Gasteiger partial charge is 0.325 e. The molecule has 4 heteroatoms. The van der Waals surface area contributed by atoms with Crippen molar-refractivity contribution in [3.8, 4) is 0 Å². The summed E-state index contributed by atoms with van der Waals surface area (Å²) in [6, 6.07) is 0. The third-order valence-corrected chi connectivity index (χ3v) is 4.65. The first-order chi connectivity index (χ1) is 9.36. The molecule has 0 heterocycles. The first-order valence-electron chi connectivity index (χ1n) is 7.85. The molecule has 0 radical (unpaired) electrons. The second-order valence-electron chi connectivity index (χ2n) is 6.63. The fourth-order valence-corrected chi connectivity index (χ4v) is 2.83. The molecule has 0 aromatic rings. The van der Waals surface area contributed by atoms with Gasteiger partial charge in [0.25, 0.3) is 0 Å². The molecule has 0 amide bonds. The van der Waals surface area contributed by atoms with Gasteiger partial charge in [0.1, 0.15) is 5.54 Å². The minimum atomic E-state index is -0.871. The lowest BCUT2D eigenvalue weighted by molar-refractivity contribution is -0.146. The molecule has 0 aromatic heterocycles. The van der Waals surface area contributed by atoms with Crippen LogP contribution in [-0.4, -0.2) is 31.3 Å². The van der Waals surface area contributed by atoms with Crippen molar-refractivity contribution in [3.63, 3.8) is 0 Å². The molecule has 4 atom stereocenters. The molecule has 0 aliphatic heterocycles. The average molecular weight is 285 g/mol. The molecule has 2 N–H and O–H groups in total. The Hall–Kier alpha value is -0.610. The molecule has 0 saturated heterocycles. The molecule has 1 rings (SSSR count). The van der Waals surface area contributed by atoms with Crippen molar-refractivity contribution in [3.05, 3.63) is 0 Å². The van der Waals surface area contributed by atoms with Crippen LogP contribution in [0.4, 0.5) is 0 Å². The molecular formula is C16H31NO3. The van der Waals surface area contributed by atoms with E-state index in [2.05, 4.69) is 13.8 Å². The summed E-state index contributed by atoms with van der Waals surface area (Å²) in [4.78, 5) is 11.4. The van der Waals surface area contributed by atoms with Crippen LogP contribution in [0.25, 0.3) is 0 Å². The Kier molecular flexibility index (Phi) is 6.96. The van der Waals surface area contributed by atoms with Crippen LogP contribution >= 0.6 is 0 Å². The van der Waals surface area contributed by atoms with E-state index in [1.165, 1.54) is 26.4 Å². The van der Waals surface area contributed by atoms with Gasteiger partial charge in [-0.05, 0) is 57.3 Å². The monoisotopic (exact) mass is 285 g/mol. The fraction of sp³-hybridized carbons (Fsp3) is 0.938. The Morgan fingerprint density at radius 3 is 2.55 bits per heavy atom. The lowest BCUT2D eigenvalue weighted by atomic mass is 9.80. The van der Waals surface area contributed by atoms with E-state index in [1.54, 1.807) is 6.92 Å². The number of esters is 1. The van der Waals surface area contributed by atoms with Crippen LogP contribution in [0.5, 0.6) is 0 Å². The molecule has 1 saturated carbocycles. The van der Waals surface area contributed by atoms with Crippen LogP contribution in [0.2, 0.25) is 0 Å². The lowest BCUT2D eigenvalue weighted by Gasteiger charge is -2.32. The zero-order valence-electron chi connectivity index (χ0n) is 13.5. The van der Waals surface area contributed by atoms with Crippen molar-refractivity contribution in [1.82, 2.24) is 0 Å². The van der Waals surface area contributed by atoms with E-state index >= 15 is 0 Å². The molecule has 0 aromatic carbocycles. The van der Waals surface area contributed by atoms with Crippen molar-refractivity contribution in [2.75, 3.05) is 13.7 Å². The number of hydrogen-bond acceptors (Lipinski definition) is 4. The molecule has 1 aliphatic rings. The van der Waals surface area contributed by atoms with Crippen molar-refractivity contribution in [1.29, 1.82) is 0 Å². The predicted octanol–water partition coefficient (Wildman–Crippen LogP) is 2.89. The van der Waals surface area contributed by atoms with E-state index in [9.17, 15) is 4.79 Å². The summed E-state index contributed by atoms with van der Waals surface area (Å²) in [6.07, 6.45) is 6.53. The Bertz CT molecular complexity index is 304. The van der Waals surface area contributed by atoms with E-state index < -0.39 is 5.54 Å². The summed E-state index contributed by atoms with van der Waals surface area (Å²) in [7, 11) is 1.38. The SMILES string of the molecule is COC(=O)C(C)(N)CCCCOC1CCC(C)C(C)C1. The molecule has 4 unspecified atom stereocenters. The quantitative estimate of drug-likeness (QED) is 0.577. The summed E-state index contributed by atoms with van der Waals surface area (Å²) in [5.74, 6) is 1.25. The van der Waals surface area contributed by atoms with Crippen molar-refractivity contribution < 1.29 is 14.3 Å². The number of hydrogen-bond donors (Lipinski definition) is 1. The standard InChI is InChI=1S/C16H31NO3/c1-12-7-8-14(11-13(12)2)20-10-6-5-9-16(3,17)15(18)19-4/h12-14H,5-11,17H2,1-4H3. The average Bonchev–Trinajstić information content (AvgIpc) is 2.41. The summed E-state index contributed by atoms with van der Waals surface area (Å²) < 4.78 is 10.6. The van der Waals surface area contributed by atoms with Gasteiger partial charge in [-0.1, -0.05) is 13.8 Å². The highest BCUT2D eigenvalue weighted by molar-refractivity contribution is 5.79. The Morgan fingerprint density at radius 2 is 1.95 bits per heavy atom. The largest absolute Gasteiger partial charge is 0.468 e. The summed E-state index contributed by atoms with van der Waals surface area (Å²) >= 11 is 0. The number of carbonyl (C=O) groups is 1. The van der Waals surface area contributed by atoms with Gasteiger partial charge in [-0.3, -0.25) is 4.79 Å². The molecule has 1 aliphatic carbocycles. The zero-order valence-corrected chi connectivity index (χ0v) is 13.5. The summed E-state index contributed by atoms with van der Waals surface area (Å²) in [5.41, 5.74) is 5.04. The number of rotatable bonds is 7. The van der Waals surface area contributed by atoms with Crippen LogP contribution in [0.15, 0.2) is 0 Å². The Labute approximate surface area is 123 Å². The van der Waals surface area contributed by atoms with Gasteiger partial charge >= 0.3 is 5.97 Å². The van der Waals surface area contributed by atoms with Gasteiger partial charge in [-0.2, -0.15) is 0 Å². The van der Waals surface area contributed by atoms with Crippen molar-refractivity contribution in [2.24, 2.45) is 17.6 Å². The van der Waals surface area contributed by atoms with E-state index in [-0.39, 0.29) is 5.97 Å². The molecule has 118 valence electrons. The van der Waals surface area contributed by atoms with Gasteiger partial charge in [-0.15, -0.1) is 0 Å². The van der Waals surface area contributed by atoms with Gasteiger partial charge < -0.3 is 15.2 Å². The number of ether oxygens (including phenoxy) is 2.